The van der Waals surface area contributed by atoms with Crippen LogP contribution in [0.5, 0.6) is 0 Å². The van der Waals surface area contributed by atoms with E-state index in [1.165, 1.54) is 0 Å². The van der Waals surface area contributed by atoms with Crippen LogP contribution in [-0.2, 0) is 16.1 Å². The second-order valence-electron chi connectivity index (χ2n) is 4.09. The Labute approximate surface area is 93.2 Å². The number of furan rings is 1. The zero-order valence-electron chi connectivity index (χ0n) is 9.10. The van der Waals surface area contributed by atoms with Gasteiger partial charge in [0.25, 0.3) is 0 Å². The molecule has 1 aromatic heterocycles. The van der Waals surface area contributed by atoms with E-state index in [1.54, 1.807) is 4.90 Å². The van der Waals surface area contributed by atoms with Crippen molar-refractivity contribution in [3.8, 4) is 0 Å². The molecule has 1 unspecified atom stereocenters. The van der Waals surface area contributed by atoms with Gasteiger partial charge in [-0.2, -0.15) is 0 Å². The van der Waals surface area contributed by atoms with Crippen molar-refractivity contribution in [1.29, 1.82) is 0 Å². The number of aryl methyl sites for hydroxylation is 1. The highest BCUT2D eigenvalue weighted by atomic mass is 16.3. The monoisotopic (exact) mass is 222 g/mol. The van der Waals surface area contributed by atoms with Gasteiger partial charge in [0.2, 0.25) is 11.8 Å². The molecular formula is C11H14N2O3. The fourth-order valence-electron chi connectivity index (χ4n) is 1.87. The third-order valence-electron chi connectivity index (χ3n) is 2.76. The van der Waals surface area contributed by atoms with Crippen molar-refractivity contribution in [1.82, 2.24) is 4.90 Å². The predicted octanol–water partition coefficient (Wildman–Crippen LogP) is 0.422. The van der Waals surface area contributed by atoms with Crippen molar-refractivity contribution in [2.45, 2.75) is 19.9 Å². The molecular weight excluding hydrogens is 208 g/mol. The number of amides is 2. The molecule has 86 valence electrons. The summed E-state index contributed by atoms with van der Waals surface area (Å²) in [5, 5.41) is 0. The summed E-state index contributed by atoms with van der Waals surface area (Å²) in [4.78, 5) is 24.2. The van der Waals surface area contributed by atoms with Crippen LogP contribution in [0, 0.1) is 12.8 Å². The summed E-state index contributed by atoms with van der Waals surface area (Å²) >= 11 is 0. The quantitative estimate of drug-likeness (QED) is 0.805. The number of primary amides is 1. The molecule has 0 radical (unpaired) electrons. The molecule has 2 N–H and O–H groups in total. The van der Waals surface area contributed by atoms with Crippen molar-refractivity contribution in [3.05, 3.63) is 23.7 Å². The number of nitrogens with two attached hydrogens (primary N) is 1. The highest BCUT2D eigenvalue weighted by Gasteiger charge is 2.33. The van der Waals surface area contributed by atoms with E-state index in [-0.39, 0.29) is 18.2 Å². The maximum atomic E-state index is 11.6. The van der Waals surface area contributed by atoms with Crippen molar-refractivity contribution >= 4 is 11.8 Å². The Hall–Kier alpha value is -1.78. The Balaban J connectivity index is 2.01. The van der Waals surface area contributed by atoms with Gasteiger partial charge in [0, 0.05) is 13.0 Å². The number of carbonyl (C=O) groups is 2. The number of likely N-dealkylation sites (tertiary alicyclic amines) is 1. The van der Waals surface area contributed by atoms with Crippen molar-refractivity contribution < 1.29 is 14.0 Å². The van der Waals surface area contributed by atoms with Crippen LogP contribution in [0.1, 0.15) is 17.9 Å². The van der Waals surface area contributed by atoms with E-state index >= 15 is 0 Å². The molecule has 0 spiro atoms. The summed E-state index contributed by atoms with van der Waals surface area (Å²) in [5.74, 6) is 0.733. The minimum Gasteiger partial charge on any atom is -0.464 e. The Kier molecular flexibility index (Phi) is 2.68. The van der Waals surface area contributed by atoms with E-state index in [2.05, 4.69) is 0 Å². The summed E-state index contributed by atoms with van der Waals surface area (Å²) < 4.78 is 5.38. The largest absolute Gasteiger partial charge is 0.464 e. The molecule has 2 amide bonds. The second-order valence-corrected chi connectivity index (χ2v) is 4.09. The molecule has 0 saturated carbocycles. The van der Waals surface area contributed by atoms with Crippen molar-refractivity contribution in [2.24, 2.45) is 11.7 Å². The van der Waals surface area contributed by atoms with Crippen LogP contribution in [0.15, 0.2) is 16.5 Å². The van der Waals surface area contributed by atoms with Gasteiger partial charge in [-0.05, 0) is 19.1 Å². The van der Waals surface area contributed by atoms with Crippen LogP contribution in [-0.4, -0.2) is 23.3 Å². The Morgan fingerprint density at radius 2 is 2.38 bits per heavy atom. The fraction of sp³-hybridized carbons (Fsp3) is 0.455. The molecule has 16 heavy (non-hydrogen) atoms. The van der Waals surface area contributed by atoms with Crippen LogP contribution in [0.4, 0.5) is 0 Å². The third kappa shape index (κ3) is 2.08. The smallest absolute Gasteiger partial charge is 0.223 e. The van der Waals surface area contributed by atoms with Crippen molar-refractivity contribution in [2.75, 3.05) is 6.54 Å². The van der Waals surface area contributed by atoms with Gasteiger partial charge in [-0.25, -0.2) is 0 Å². The first-order valence-corrected chi connectivity index (χ1v) is 5.18. The van der Waals surface area contributed by atoms with Crippen LogP contribution >= 0.6 is 0 Å². The molecule has 0 aliphatic carbocycles. The molecule has 1 aliphatic rings. The van der Waals surface area contributed by atoms with Gasteiger partial charge in [-0.1, -0.05) is 0 Å². The van der Waals surface area contributed by atoms with Crippen LogP contribution < -0.4 is 5.73 Å². The molecule has 1 atom stereocenters. The first-order chi connectivity index (χ1) is 7.56. The van der Waals surface area contributed by atoms with Gasteiger partial charge >= 0.3 is 0 Å². The highest BCUT2D eigenvalue weighted by Crippen LogP contribution is 2.20. The lowest BCUT2D eigenvalue weighted by Crippen LogP contribution is -2.28. The number of nitrogens with zero attached hydrogens (tertiary/aromatic N) is 1. The zero-order valence-corrected chi connectivity index (χ0v) is 9.10. The van der Waals surface area contributed by atoms with Crippen LogP contribution in [0.3, 0.4) is 0 Å². The second kappa shape index (κ2) is 4.00. The SMILES string of the molecule is Cc1ccc(CN2CC(C(N)=O)CC2=O)o1. The molecule has 5 nitrogen and oxygen atoms in total. The summed E-state index contributed by atoms with van der Waals surface area (Å²) in [6, 6.07) is 3.68. The Morgan fingerprint density at radius 3 is 2.88 bits per heavy atom. The standard InChI is InChI=1S/C11H14N2O3/c1-7-2-3-9(16-7)6-13-5-8(11(12)15)4-10(13)14/h2-3,8H,4-6H2,1H3,(H2,12,15). The number of carbonyl (C=O) groups excluding carboxylic acids is 2. The van der Waals surface area contributed by atoms with Gasteiger partial charge in [0.05, 0.1) is 12.5 Å². The first-order valence-electron chi connectivity index (χ1n) is 5.18. The first kappa shape index (κ1) is 10.7. The lowest BCUT2D eigenvalue weighted by Gasteiger charge is -2.13. The van der Waals surface area contributed by atoms with Gasteiger partial charge in [0.15, 0.2) is 0 Å². The van der Waals surface area contributed by atoms with E-state index in [0.29, 0.717) is 13.1 Å². The van der Waals surface area contributed by atoms with Gasteiger partial charge in [-0.15, -0.1) is 0 Å². The minimum absolute atomic E-state index is 0.0437. The molecule has 1 aliphatic heterocycles. The Morgan fingerprint density at radius 1 is 1.62 bits per heavy atom. The summed E-state index contributed by atoms with van der Waals surface area (Å²) in [7, 11) is 0. The average Bonchev–Trinajstić information content (AvgIpc) is 2.75. The van der Waals surface area contributed by atoms with Gasteiger partial charge in [0.1, 0.15) is 11.5 Å². The van der Waals surface area contributed by atoms with Gasteiger partial charge < -0.3 is 15.1 Å². The number of rotatable bonds is 3. The van der Waals surface area contributed by atoms with Crippen LogP contribution in [0.2, 0.25) is 0 Å². The third-order valence-corrected chi connectivity index (χ3v) is 2.76. The topological polar surface area (TPSA) is 76.5 Å². The molecule has 2 heterocycles. The molecule has 1 aromatic rings. The maximum Gasteiger partial charge on any atom is 0.223 e. The number of hydrogen-bond donors (Lipinski definition) is 1. The zero-order chi connectivity index (χ0) is 11.7. The van der Waals surface area contributed by atoms with E-state index in [9.17, 15) is 9.59 Å². The number of hydrogen-bond acceptors (Lipinski definition) is 3. The molecule has 1 fully saturated rings. The van der Waals surface area contributed by atoms with Crippen LogP contribution in [0.25, 0.3) is 0 Å². The molecule has 1 saturated heterocycles. The molecule has 0 bridgehead atoms. The Bertz CT molecular complexity index is 425. The van der Waals surface area contributed by atoms with Gasteiger partial charge in [-0.3, -0.25) is 9.59 Å². The fourth-order valence-corrected chi connectivity index (χ4v) is 1.87. The highest BCUT2D eigenvalue weighted by molar-refractivity contribution is 5.88. The summed E-state index contributed by atoms with van der Waals surface area (Å²) in [6.45, 7) is 2.66. The van der Waals surface area contributed by atoms with E-state index < -0.39 is 5.91 Å². The van der Waals surface area contributed by atoms with E-state index in [4.69, 9.17) is 10.2 Å². The molecule has 0 aromatic carbocycles. The lowest BCUT2D eigenvalue weighted by molar-refractivity contribution is -0.129. The molecule has 5 heteroatoms. The lowest BCUT2D eigenvalue weighted by atomic mass is 10.1. The summed E-state index contributed by atoms with van der Waals surface area (Å²) in [5.41, 5.74) is 5.18. The molecule has 2 rings (SSSR count). The van der Waals surface area contributed by atoms with E-state index in [0.717, 1.165) is 11.5 Å². The maximum absolute atomic E-state index is 11.6. The average molecular weight is 222 g/mol. The predicted molar refractivity (Wildman–Crippen MR) is 56.2 cm³/mol. The minimum atomic E-state index is -0.411. The summed E-state index contributed by atoms with van der Waals surface area (Å²) in [6.07, 6.45) is 0.217. The van der Waals surface area contributed by atoms with Crippen molar-refractivity contribution in [3.63, 3.8) is 0 Å². The van der Waals surface area contributed by atoms with E-state index in [1.807, 2.05) is 19.1 Å². The normalized spacial score (nSPS) is 20.4.